The van der Waals surface area contributed by atoms with Crippen LogP contribution >= 0.6 is 0 Å². The molecule has 3 aliphatic rings. The number of hydrogen-bond donors (Lipinski definition) is 4. The Bertz CT molecular complexity index is 2720. The summed E-state index contributed by atoms with van der Waals surface area (Å²) in [5.74, 6) is -0.308. The van der Waals surface area contributed by atoms with Gasteiger partial charge >= 0.3 is 12.2 Å². The number of carbonyl (C=O) groups excluding carboxylic acids is 4. The van der Waals surface area contributed by atoms with Crippen LogP contribution in [0, 0.1) is 5.92 Å². The molecule has 5 heterocycles. The van der Waals surface area contributed by atoms with Gasteiger partial charge in [0.2, 0.25) is 5.91 Å². The molecule has 16 heteroatoms. The number of imidazole rings is 2. The van der Waals surface area contributed by atoms with E-state index in [0.717, 1.165) is 57.3 Å². The lowest BCUT2D eigenvalue weighted by atomic mass is 9.98. The third kappa shape index (κ3) is 8.78. The molecule has 2 aromatic heterocycles. The minimum atomic E-state index is -0.937. The summed E-state index contributed by atoms with van der Waals surface area (Å²) in [6.07, 6.45) is 4.19. The number of alkyl carbamates (subject to hydrolysis) is 2. The van der Waals surface area contributed by atoms with Gasteiger partial charge in [-0.2, -0.15) is 0 Å². The molecule has 4 N–H and O–H groups in total. The number of carbonyl (C=O) groups is 4. The van der Waals surface area contributed by atoms with Crippen molar-refractivity contribution in [2.75, 3.05) is 40.5 Å². The molecule has 3 fully saturated rings. The number of ether oxygens (including phenoxy) is 4. The minimum Gasteiger partial charge on any atom is -0.453 e. The first-order valence-electron chi connectivity index (χ1n) is 21.9. The second-order valence-corrected chi connectivity index (χ2v) is 17.0. The summed E-state index contributed by atoms with van der Waals surface area (Å²) >= 11 is 0. The van der Waals surface area contributed by atoms with Crippen molar-refractivity contribution in [3.63, 3.8) is 0 Å². The number of nitrogens with one attached hydrogen (secondary N) is 4. The number of aromatic nitrogens is 4. The number of hydrogen-bond acceptors (Lipinski definition) is 10. The van der Waals surface area contributed by atoms with E-state index in [0.29, 0.717) is 43.4 Å². The maximum atomic E-state index is 14.0. The Hall–Kier alpha value is -7.04. The predicted molar refractivity (Wildman–Crippen MR) is 249 cm³/mol. The first-order chi connectivity index (χ1) is 31.5. The van der Waals surface area contributed by atoms with Crippen LogP contribution in [-0.2, 0) is 28.5 Å². The number of methoxy groups -OCH3 is 2. The molecule has 4 amide bonds. The first kappa shape index (κ1) is 43.2. The van der Waals surface area contributed by atoms with E-state index >= 15 is 0 Å². The summed E-state index contributed by atoms with van der Waals surface area (Å²) < 4.78 is 21.7. The fourth-order valence-electron chi connectivity index (χ4n) is 9.23. The largest absolute Gasteiger partial charge is 0.453 e. The van der Waals surface area contributed by atoms with Crippen molar-refractivity contribution >= 4 is 34.8 Å². The van der Waals surface area contributed by atoms with Crippen LogP contribution in [0.5, 0.6) is 0 Å². The highest BCUT2D eigenvalue weighted by atomic mass is 16.7. The number of aromatic amines is 2. The average Bonchev–Trinajstić information content (AvgIpc) is 4.21. The fourth-order valence-corrected chi connectivity index (χ4v) is 9.23. The van der Waals surface area contributed by atoms with E-state index in [9.17, 15) is 19.2 Å². The van der Waals surface area contributed by atoms with E-state index in [4.69, 9.17) is 28.9 Å². The number of H-pyrrole nitrogens is 2. The van der Waals surface area contributed by atoms with Crippen molar-refractivity contribution in [2.45, 2.75) is 63.1 Å². The summed E-state index contributed by atoms with van der Waals surface area (Å²) in [6, 6.07) is 27.7. The van der Waals surface area contributed by atoms with Crippen molar-refractivity contribution < 1.29 is 43.8 Å². The minimum absolute atomic E-state index is 0. The van der Waals surface area contributed by atoms with Gasteiger partial charge in [0.05, 0.1) is 69.8 Å². The third-order valence-electron chi connectivity index (χ3n) is 12.6. The van der Waals surface area contributed by atoms with Gasteiger partial charge < -0.3 is 49.3 Å². The highest BCUT2D eigenvalue weighted by Crippen LogP contribution is 2.43. The lowest BCUT2D eigenvalue weighted by Gasteiger charge is -2.30. The van der Waals surface area contributed by atoms with Crippen molar-refractivity contribution in [1.82, 2.24) is 40.4 Å². The Morgan fingerprint density at radius 3 is 1.97 bits per heavy atom. The highest BCUT2D eigenvalue weighted by molar-refractivity contribution is 5.91. The predicted octanol–water partition coefficient (Wildman–Crippen LogP) is 8.43. The fraction of sp³-hybridized carbons (Fsp3) is 0.347. The van der Waals surface area contributed by atoms with Gasteiger partial charge in [-0.05, 0) is 63.9 Å². The zero-order valence-corrected chi connectivity index (χ0v) is 36.7. The van der Waals surface area contributed by atoms with Gasteiger partial charge in [0, 0.05) is 24.2 Å². The second-order valence-electron chi connectivity index (χ2n) is 17.0. The second kappa shape index (κ2) is 18.2. The van der Waals surface area contributed by atoms with Crippen molar-refractivity contribution in [3.05, 3.63) is 121 Å². The molecule has 65 heavy (non-hydrogen) atoms. The first-order valence-corrected chi connectivity index (χ1v) is 21.9. The number of benzene rings is 4. The maximum absolute atomic E-state index is 14.0. The summed E-state index contributed by atoms with van der Waals surface area (Å²) in [7, 11) is 2.55. The Balaban J connectivity index is 0.00000222. The van der Waals surface area contributed by atoms with Crippen LogP contribution in [0.4, 0.5) is 9.59 Å². The van der Waals surface area contributed by atoms with E-state index in [1.807, 2.05) is 62.5 Å². The van der Waals surface area contributed by atoms with E-state index in [2.05, 4.69) is 69.1 Å². The smallest absolute Gasteiger partial charge is 0.407 e. The Morgan fingerprint density at radius 2 is 1.31 bits per heavy atom. The Kier molecular flexibility index (Phi) is 12.1. The maximum Gasteiger partial charge on any atom is 0.407 e. The summed E-state index contributed by atoms with van der Waals surface area (Å²) in [5, 5.41) is 7.56. The molecule has 16 nitrogen and oxygen atoms in total. The SMILES string of the molecule is COC(=O)N[C@H](C(=O)N1CC2(C[C@H]1c1ncc(-c3ccc(-c4ccc5cc(-c6cnc([C@@H]7CCCN7C(=O)[C@H](NC(=O)OC)c7ccccc7)[nH]6)ccc5c4)cc3)[nH]1)OCCO2)C(C)C.[HH].[HH].[HH].[HH]. The summed E-state index contributed by atoms with van der Waals surface area (Å²) in [4.78, 5) is 72.3. The van der Waals surface area contributed by atoms with Crippen LogP contribution in [0.2, 0.25) is 0 Å². The zero-order chi connectivity index (χ0) is 45.2. The monoisotopic (exact) mass is 888 g/mol. The van der Waals surface area contributed by atoms with Gasteiger partial charge in [-0.1, -0.05) is 92.7 Å². The van der Waals surface area contributed by atoms with Crippen molar-refractivity contribution in [1.29, 1.82) is 0 Å². The number of likely N-dealkylation sites (tertiary alicyclic amines) is 2. The van der Waals surface area contributed by atoms with Crippen LogP contribution in [0.1, 0.15) is 74.2 Å². The van der Waals surface area contributed by atoms with E-state index in [1.165, 1.54) is 14.2 Å². The van der Waals surface area contributed by atoms with Crippen LogP contribution in [0.25, 0.3) is 44.4 Å². The lowest BCUT2D eigenvalue weighted by Crippen LogP contribution is -2.52. The van der Waals surface area contributed by atoms with Gasteiger partial charge in [0.25, 0.3) is 5.91 Å². The molecular formula is C49H60N8O8. The van der Waals surface area contributed by atoms with Gasteiger partial charge in [-0.25, -0.2) is 19.6 Å². The summed E-state index contributed by atoms with van der Waals surface area (Å²) in [5.41, 5.74) is 6.34. The Morgan fingerprint density at radius 1 is 0.723 bits per heavy atom. The average molecular weight is 889 g/mol. The molecule has 4 atom stereocenters. The summed E-state index contributed by atoms with van der Waals surface area (Å²) in [6.45, 7) is 5.38. The van der Waals surface area contributed by atoms with Crippen LogP contribution in [0.15, 0.2) is 103 Å². The van der Waals surface area contributed by atoms with Crippen LogP contribution < -0.4 is 10.6 Å². The van der Waals surface area contributed by atoms with E-state index in [1.54, 1.807) is 16.0 Å². The normalized spacial score (nSPS) is 18.8. The van der Waals surface area contributed by atoms with E-state index in [-0.39, 0.29) is 36.0 Å². The van der Waals surface area contributed by atoms with Crippen LogP contribution in [-0.4, -0.2) is 106 Å². The van der Waals surface area contributed by atoms with E-state index < -0.39 is 36.1 Å². The van der Waals surface area contributed by atoms with Gasteiger partial charge in [0.15, 0.2) is 5.79 Å². The number of fused-ring (bicyclic) bond motifs is 1. The highest BCUT2D eigenvalue weighted by Gasteiger charge is 2.53. The van der Waals surface area contributed by atoms with Crippen molar-refractivity contribution in [2.24, 2.45) is 5.92 Å². The molecule has 6 aromatic rings. The standard InChI is InChI=1S/C49H52N8O8.4H2/c1-29(2)41(54-47(60)62-3)45(58)57-28-49(64-21-22-65-49)25-40(57)44-51-26-37(52-44)31-14-12-30(13-15-31)33-16-17-35-24-36(19-18-34(35)23-33)38-27-50-43(53-38)39-11-8-20-56(39)46(59)42(55-48(61)63-4)32-9-6-5-7-10-32;;;;/h5-7,9-10,12-19,23-24,26-27,29,39-42H,8,11,20-22,25,28H2,1-4H3,(H,50,53)(H,51,52)(H,54,60)(H,55,61);4*1H/t39-,40-,41-,42+;;;;/m0..../s1. The molecule has 1 spiro atoms. The molecule has 0 radical (unpaired) electrons. The quantitative estimate of drug-likeness (QED) is 0.0982. The van der Waals surface area contributed by atoms with Gasteiger partial charge in [-0.15, -0.1) is 0 Å². The molecule has 4 aromatic carbocycles. The number of amides is 4. The molecule has 0 saturated carbocycles. The molecule has 344 valence electrons. The third-order valence-corrected chi connectivity index (χ3v) is 12.6. The number of nitrogens with zero attached hydrogens (tertiary/aromatic N) is 4. The molecule has 0 unspecified atom stereocenters. The molecule has 3 saturated heterocycles. The molecule has 0 bridgehead atoms. The molecule has 0 aliphatic carbocycles. The zero-order valence-electron chi connectivity index (χ0n) is 36.7. The molecule has 9 rings (SSSR count). The molecular weight excluding hydrogens is 829 g/mol. The van der Waals surface area contributed by atoms with Gasteiger partial charge in [0.1, 0.15) is 23.7 Å². The molecule has 3 aliphatic heterocycles. The Labute approximate surface area is 382 Å². The van der Waals surface area contributed by atoms with Gasteiger partial charge in [-0.3, -0.25) is 9.59 Å². The topological polar surface area (TPSA) is 193 Å². The van der Waals surface area contributed by atoms with Crippen LogP contribution in [0.3, 0.4) is 0 Å². The van der Waals surface area contributed by atoms with Crippen molar-refractivity contribution in [3.8, 4) is 33.6 Å². The number of rotatable bonds is 11. The lowest BCUT2D eigenvalue weighted by molar-refractivity contribution is -0.153.